The van der Waals surface area contributed by atoms with E-state index in [9.17, 15) is 19.7 Å². The lowest BCUT2D eigenvalue weighted by molar-refractivity contribution is -0.385. The Morgan fingerprint density at radius 3 is 2.73 bits per heavy atom. The van der Waals surface area contributed by atoms with Crippen molar-refractivity contribution in [2.75, 3.05) is 16.8 Å². The van der Waals surface area contributed by atoms with E-state index in [0.717, 1.165) is 24.1 Å². The second kappa shape index (κ2) is 7.82. The molecule has 0 saturated heterocycles. The fourth-order valence-corrected chi connectivity index (χ4v) is 3.55. The van der Waals surface area contributed by atoms with Crippen molar-refractivity contribution >= 4 is 28.9 Å². The van der Waals surface area contributed by atoms with E-state index in [4.69, 9.17) is 4.42 Å². The minimum Gasteiger partial charge on any atom is -0.459 e. The number of furan rings is 1. The maximum absolute atomic E-state index is 12.8. The molecule has 1 aromatic heterocycles. The van der Waals surface area contributed by atoms with Crippen LogP contribution < -0.4 is 10.2 Å². The normalized spacial score (nSPS) is 12.9. The van der Waals surface area contributed by atoms with E-state index in [2.05, 4.69) is 5.32 Å². The molecule has 1 aliphatic rings. The van der Waals surface area contributed by atoms with Crippen LogP contribution in [0, 0.1) is 17.0 Å². The molecule has 8 heteroatoms. The van der Waals surface area contributed by atoms with Gasteiger partial charge in [-0.25, -0.2) is 0 Å². The number of fused-ring (bicyclic) bond motifs is 1. The molecule has 2 aromatic carbocycles. The lowest BCUT2D eigenvalue weighted by Gasteiger charge is -2.29. The zero-order valence-corrected chi connectivity index (χ0v) is 16.3. The molecule has 0 aliphatic carbocycles. The van der Waals surface area contributed by atoms with Gasteiger partial charge in [0.05, 0.1) is 11.2 Å². The summed E-state index contributed by atoms with van der Waals surface area (Å²) in [7, 11) is 0. The van der Waals surface area contributed by atoms with Crippen LogP contribution in [-0.4, -0.2) is 23.3 Å². The van der Waals surface area contributed by atoms with E-state index >= 15 is 0 Å². The van der Waals surface area contributed by atoms with Crippen molar-refractivity contribution in [1.82, 2.24) is 0 Å². The standard InChI is InChI=1S/C22H19N3O5/c1-14-6-7-16(12-18(14)25(28)29)21(26)23-17-9-8-15-4-2-10-24(19(15)13-17)22(27)20-5-3-11-30-20/h3,5-9,11-13H,2,4,10H2,1H3,(H,23,26). The monoisotopic (exact) mass is 405 g/mol. The number of carbonyl (C=O) groups excluding carboxylic acids is 2. The van der Waals surface area contributed by atoms with Crippen LogP contribution in [0.3, 0.4) is 0 Å². The maximum atomic E-state index is 12.8. The van der Waals surface area contributed by atoms with E-state index in [-0.39, 0.29) is 22.9 Å². The SMILES string of the molecule is Cc1ccc(C(=O)Nc2ccc3c(c2)N(C(=O)c2ccco2)CCC3)cc1[N+](=O)[O-]. The number of aryl methyl sites for hydroxylation is 2. The molecule has 2 amide bonds. The van der Waals surface area contributed by atoms with Gasteiger partial charge >= 0.3 is 0 Å². The molecule has 1 aliphatic heterocycles. The van der Waals surface area contributed by atoms with Gasteiger partial charge in [0.25, 0.3) is 17.5 Å². The third kappa shape index (κ3) is 3.67. The fraction of sp³-hybridized carbons (Fsp3) is 0.182. The van der Waals surface area contributed by atoms with Crippen LogP contribution in [0.2, 0.25) is 0 Å². The lowest BCUT2D eigenvalue weighted by atomic mass is 10.0. The smallest absolute Gasteiger partial charge is 0.293 e. The van der Waals surface area contributed by atoms with E-state index in [1.54, 1.807) is 48.2 Å². The van der Waals surface area contributed by atoms with Crippen LogP contribution in [0.25, 0.3) is 0 Å². The number of carbonyl (C=O) groups is 2. The Morgan fingerprint density at radius 2 is 2.00 bits per heavy atom. The van der Waals surface area contributed by atoms with E-state index in [1.807, 2.05) is 6.07 Å². The van der Waals surface area contributed by atoms with Gasteiger partial charge in [-0.05, 0) is 55.7 Å². The first kappa shape index (κ1) is 19.4. The first-order valence-electron chi connectivity index (χ1n) is 9.49. The predicted octanol–water partition coefficient (Wildman–Crippen LogP) is 4.34. The van der Waals surface area contributed by atoms with Crippen LogP contribution in [0.4, 0.5) is 17.1 Å². The molecule has 0 bridgehead atoms. The van der Waals surface area contributed by atoms with Gasteiger partial charge in [-0.1, -0.05) is 12.1 Å². The van der Waals surface area contributed by atoms with Gasteiger partial charge in [0.2, 0.25) is 0 Å². The second-order valence-electron chi connectivity index (χ2n) is 7.09. The number of nitrogens with one attached hydrogen (secondary N) is 1. The molecular formula is C22H19N3O5. The fourth-order valence-electron chi connectivity index (χ4n) is 3.55. The van der Waals surface area contributed by atoms with Gasteiger partial charge in [-0.3, -0.25) is 19.7 Å². The number of hydrogen-bond acceptors (Lipinski definition) is 5. The number of anilines is 2. The lowest BCUT2D eigenvalue weighted by Crippen LogP contribution is -2.35. The Morgan fingerprint density at radius 1 is 1.17 bits per heavy atom. The zero-order valence-electron chi connectivity index (χ0n) is 16.3. The molecule has 1 N–H and O–H groups in total. The third-order valence-electron chi connectivity index (χ3n) is 5.11. The van der Waals surface area contributed by atoms with E-state index < -0.39 is 10.8 Å². The Balaban J connectivity index is 1.60. The van der Waals surface area contributed by atoms with Crippen molar-refractivity contribution in [3.8, 4) is 0 Å². The summed E-state index contributed by atoms with van der Waals surface area (Å²) in [5.74, 6) is -0.444. The molecule has 152 valence electrons. The number of nitro groups is 1. The van der Waals surface area contributed by atoms with Crippen LogP contribution in [0.15, 0.2) is 59.2 Å². The summed E-state index contributed by atoms with van der Waals surface area (Å²) in [6, 6.07) is 13.0. The molecule has 0 unspecified atom stereocenters. The molecule has 8 nitrogen and oxygen atoms in total. The average molecular weight is 405 g/mol. The molecule has 30 heavy (non-hydrogen) atoms. The number of hydrogen-bond donors (Lipinski definition) is 1. The van der Waals surface area contributed by atoms with E-state index in [1.165, 1.54) is 12.3 Å². The molecule has 0 radical (unpaired) electrons. The number of rotatable bonds is 4. The largest absolute Gasteiger partial charge is 0.459 e. The molecule has 0 atom stereocenters. The molecular weight excluding hydrogens is 386 g/mol. The molecule has 4 rings (SSSR count). The summed E-state index contributed by atoms with van der Waals surface area (Å²) >= 11 is 0. The summed E-state index contributed by atoms with van der Waals surface area (Å²) in [4.78, 5) is 37.7. The van der Waals surface area contributed by atoms with Crippen molar-refractivity contribution in [1.29, 1.82) is 0 Å². The molecule has 3 aromatic rings. The average Bonchev–Trinajstić information content (AvgIpc) is 3.27. The van der Waals surface area contributed by atoms with Crippen LogP contribution in [0.1, 0.15) is 38.5 Å². The van der Waals surface area contributed by atoms with Gasteiger partial charge in [0, 0.05) is 35.1 Å². The molecule has 0 fully saturated rings. The Kier molecular flexibility index (Phi) is 5.05. The Bertz CT molecular complexity index is 1140. The summed E-state index contributed by atoms with van der Waals surface area (Å²) in [5.41, 5.74) is 2.79. The molecule has 0 spiro atoms. The van der Waals surface area contributed by atoms with Crippen molar-refractivity contribution in [3.05, 3.63) is 87.4 Å². The topological polar surface area (TPSA) is 106 Å². The van der Waals surface area contributed by atoms with Crippen LogP contribution >= 0.6 is 0 Å². The molecule has 0 saturated carbocycles. The Hall–Kier alpha value is -3.94. The van der Waals surface area contributed by atoms with Crippen molar-refractivity contribution in [2.45, 2.75) is 19.8 Å². The van der Waals surface area contributed by atoms with Gasteiger partial charge in [0.1, 0.15) is 0 Å². The van der Waals surface area contributed by atoms with Crippen LogP contribution in [-0.2, 0) is 6.42 Å². The predicted molar refractivity (Wildman–Crippen MR) is 111 cm³/mol. The number of nitro benzene ring substituents is 1. The summed E-state index contributed by atoms with van der Waals surface area (Å²) < 4.78 is 5.24. The number of benzene rings is 2. The second-order valence-corrected chi connectivity index (χ2v) is 7.09. The zero-order chi connectivity index (χ0) is 21.3. The van der Waals surface area contributed by atoms with Crippen LogP contribution in [0.5, 0.6) is 0 Å². The van der Waals surface area contributed by atoms with Gasteiger partial charge in [-0.15, -0.1) is 0 Å². The van der Waals surface area contributed by atoms with E-state index in [0.29, 0.717) is 17.8 Å². The van der Waals surface area contributed by atoms with Crippen molar-refractivity contribution in [2.24, 2.45) is 0 Å². The summed E-state index contributed by atoms with van der Waals surface area (Å²) in [6.07, 6.45) is 3.11. The van der Waals surface area contributed by atoms with Gasteiger partial charge in [-0.2, -0.15) is 0 Å². The summed E-state index contributed by atoms with van der Waals surface area (Å²) in [5, 5.41) is 13.9. The highest BCUT2D eigenvalue weighted by molar-refractivity contribution is 6.07. The Labute approximate surface area is 172 Å². The van der Waals surface area contributed by atoms with Gasteiger partial charge in [0.15, 0.2) is 5.76 Å². The third-order valence-corrected chi connectivity index (χ3v) is 5.11. The minimum atomic E-state index is -0.511. The first-order valence-corrected chi connectivity index (χ1v) is 9.49. The minimum absolute atomic E-state index is 0.108. The quantitative estimate of drug-likeness (QED) is 0.513. The van der Waals surface area contributed by atoms with Gasteiger partial charge < -0.3 is 14.6 Å². The highest BCUT2D eigenvalue weighted by atomic mass is 16.6. The van der Waals surface area contributed by atoms with Crippen molar-refractivity contribution < 1.29 is 18.9 Å². The van der Waals surface area contributed by atoms with Crippen molar-refractivity contribution in [3.63, 3.8) is 0 Å². The first-order chi connectivity index (χ1) is 14.4. The highest BCUT2D eigenvalue weighted by Crippen LogP contribution is 2.31. The maximum Gasteiger partial charge on any atom is 0.293 e. The summed E-state index contributed by atoms with van der Waals surface area (Å²) in [6.45, 7) is 2.17. The number of amides is 2. The molecule has 2 heterocycles. The highest BCUT2D eigenvalue weighted by Gasteiger charge is 2.26. The number of nitrogens with zero attached hydrogens (tertiary/aromatic N) is 2.